The third-order valence-electron chi connectivity index (χ3n) is 2.67. The number of nitrogens with one attached hydrogen (secondary N) is 1. The molecule has 1 amide bonds. The number of nitrogens with zero attached hydrogens (tertiary/aromatic N) is 1. The minimum Gasteiger partial charge on any atom is -0.395 e. The minimum absolute atomic E-state index is 0.0521. The van der Waals surface area contributed by atoms with Gasteiger partial charge in [0.15, 0.2) is 0 Å². The molecule has 0 saturated carbocycles. The number of amides is 1. The molecule has 1 aromatic carbocycles. The number of hydrogen-bond acceptors (Lipinski definition) is 4. The monoisotopic (exact) mass is 286 g/mol. The number of carbonyl (C=O) groups is 1. The van der Waals surface area contributed by atoms with Gasteiger partial charge in [-0.15, -0.1) is 0 Å². The second-order valence-electron chi connectivity index (χ2n) is 4.23. The van der Waals surface area contributed by atoms with Crippen molar-refractivity contribution in [3.63, 3.8) is 0 Å². The Morgan fingerprint density at radius 2 is 1.95 bits per heavy atom. The highest BCUT2D eigenvalue weighted by molar-refractivity contribution is 6.31. The first kappa shape index (κ1) is 15.9. The van der Waals surface area contributed by atoms with Crippen LogP contribution in [0.4, 0.5) is 5.69 Å². The summed E-state index contributed by atoms with van der Waals surface area (Å²) < 4.78 is 0. The first-order valence-corrected chi connectivity index (χ1v) is 6.44. The second kappa shape index (κ2) is 8.12. The van der Waals surface area contributed by atoms with Crippen LogP contribution in [-0.2, 0) is 4.79 Å². The van der Waals surface area contributed by atoms with E-state index in [0.29, 0.717) is 23.8 Å². The number of hydrogen-bond donors (Lipinski definition) is 3. The van der Waals surface area contributed by atoms with Gasteiger partial charge < -0.3 is 15.5 Å². The number of carbonyl (C=O) groups excluding carboxylic acids is 1. The van der Waals surface area contributed by atoms with Gasteiger partial charge in [0, 0.05) is 23.8 Å². The van der Waals surface area contributed by atoms with Crippen molar-refractivity contribution in [1.82, 2.24) is 4.90 Å². The number of anilines is 1. The average molecular weight is 287 g/mol. The van der Waals surface area contributed by atoms with Crippen LogP contribution in [0.25, 0.3) is 0 Å². The highest BCUT2D eigenvalue weighted by atomic mass is 35.5. The Bertz CT molecular complexity index is 420. The summed E-state index contributed by atoms with van der Waals surface area (Å²) in [7, 11) is 0. The lowest BCUT2D eigenvalue weighted by Gasteiger charge is -2.19. The van der Waals surface area contributed by atoms with Crippen molar-refractivity contribution >= 4 is 23.2 Å². The van der Waals surface area contributed by atoms with Crippen LogP contribution in [0, 0.1) is 6.92 Å². The molecule has 1 aromatic rings. The van der Waals surface area contributed by atoms with Crippen molar-refractivity contribution in [3.05, 3.63) is 28.8 Å². The van der Waals surface area contributed by atoms with E-state index in [2.05, 4.69) is 5.32 Å². The Labute approximate surface area is 117 Å². The molecule has 6 heteroatoms. The smallest absolute Gasteiger partial charge is 0.238 e. The van der Waals surface area contributed by atoms with Gasteiger partial charge in [-0.2, -0.15) is 0 Å². The molecular formula is C13H19ClN2O3. The molecule has 0 aromatic heterocycles. The lowest BCUT2D eigenvalue weighted by atomic mass is 10.2. The maximum absolute atomic E-state index is 11.9. The van der Waals surface area contributed by atoms with Gasteiger partial charge in [0.2, 0.25) is 5.91 Å². The number of aliphatic hydroxyl groups excluding tert-OH is 2. The normalized spacial score (nSPS) is 10.8. The summed E-state index contributed by atoms with van der Waals surface area (Å²) in [5.74, 6) is -0.202. The quantitative estimate of drug-likeness (QED) is 0.696. The highest BCUT2D eigenvalue weighted by Gasteiger charge is 2.11. The van der Waals surface area contributed by atoms with Crippen LogP contribution in [0.15, 0.2) is 18.2 Å². The summed E-state index contributed by atoms with van der Waals surface area (Å²) in [6.45, 7) is 2.59. The number of aryl methyl sites for hydroxylation is 1. The molecule has 3 N–H and O–H groups in total. The first-order valence-electron chi connectivity index (χ1n) is 6.07. The molecule has 0 atom stereocenters. The molecule has 0 bridgehead atoms. The van der Waals surface area contributed by atoms with Gasteiger partial charge in [0.1, 0.15) is 0 Å². The molecule has 0 radical (unpaired) electrons. The molecule has 0 aliphatic heterocycles. The molecular weight excluding hydrogens is 268 g/mol. The number of aliphatic hydroxyl groups is 2. The maximum atomic E-state index is 11.9. The molecule has 106 valence electrons. The van der Waals surface area contributed by atoms with Crippen molar-refractivity contribution in [2.75, 3.05) is 38.2 Å². The van der Waals surface area contributed by atoms with Gasteiger partial charge in [-0.05, 0) is 24.6 Å². The van der Waals surface area contributed by atoms with E-state index < -0.39 is 0 Å². The van der Waals surface area contributed by atoms with Crippen LogP contribution in [0.2, 0.25) is 5.02 Å². The molecule has 0 saturated heterocycles. The zero-order chi connectivity index (χ0) is 14.3. The molecule has 0 unspecified atom stereocenters. The molecule has 5 nitrogen and oxygen atoms in total. The lowest BCUT2D eigenvalue weighted by Crippen LogP contribution is -2.37. The summed E-state index contributed by atoms with van der Waals surface area (Å²) in [6.07, 6.45) is 0. The Hall–Kier alpha value is -1.14. The summed E-state index contributed by atoms with van der Waals surface area (Å²) in [6, 6.07) is 5.28. The largest absolute Gasteiger partial charge is 0.395 e. The van der Waals surface area contributed by atoms with E-state index in [1.54, 1.807) is 17.0 Å². The van der Waals surface area contributed by atoms with Crippen LogP contribution >= 0.6 is 11.6 Å². The van der Waals surface area contributed by atoms with Gasteiger partial charge in [-0.25, -0.2) is 0 Å². The van der Waals surface area contributed by atoms with Gasteiger partial charge >= 0.3 is 0 Å². The van der Waals surface area contributed by atoms with Gasteiger partial charge in [0.25, 0.3) is 0 Å². The maximum Gasteiger partial charge on any atom is 0.238 e. The predicted octanol–water partition coefficient (Wildman–Crippen LogP) is 0.874. The zero-order valence-electron chi connectivity index (χ0n) is 10.9. The third-order valence-corrected chi connectivity index (χ3v) is 2.91. The fraction of sp³-hybridized carbons (Fsp3) is 0.462. The van der Waals surface area contributed by atoms with Crippen LogP contribution in [0.1, 0.15) is 5.56 Å². The van der Waals surface area contributed by atoms with E-state index in [0.717, 1.165) is 5.56 Å². The van der Waals surface area contributed by atoms with Crippen molar-refractivity contribution in [2.45, 2.75) is 6.92 Å². The van der Waals surface area contributed by atoms with E-state index in [4.69, 9.17) is 21.8 Å². The van der Waals surface area contributed by atoms with Gasteiger partial charge in [0.05, 0.1) is 19.8 Å². The van der Waals surface area contributed by atoms with Gasteiger partial charge in [-0.1, -0.05) is 17.7 Å². The van der Waals surface area contributed by atoms with Crippen molar-refractivity contribution in [1.29, 1.82) is 0 Å². The first-order chi connectivity index (χ1) is 9.06. The topological polar surface area (TPSA) is 72.8 Å². The summed E-state index contributed by atoms with van der Waals surface area (Å²) in [5.41, 5.74) is 1.60. The van der Waals surface area contributed by atoms with Crippen LogP contribution < -0.4 is 5.32 Å². The highest BCUT2D eigenvalue weighted by Crippen LogP contribution is 2.19. The Morgan fingerprint density at radius 1 is 1.32 bits per heavy atom. The summed E-state index contributed by atoms with van der Waals surface area (Å²) >= 11 is 5.88. The van der Waals surface area contributed by atoms with Crippen LogP contribution in [0.3, 0.4) is 0 Å². The molecule has 0 fully saturated rings. The Balaban J connectivity index is 2.60. The predicted molar refractivity (Wildman–Crippen MR) is 75.4 cm³/mol. The molecule has 0 aliphatic rings. The molecule has 0 aliphatic carbocycles. The van der Waals surface area contributed by atoms with Crippen molar-refractivity contribution in [2.24, 2.45) is 0 Å². The SMILES string of the molecule is Cc1ccc(Cl)cc1NC(=O)CN(CCO)CCO. The lowest BCUT2D eigenvalue weighted by molar-refractivity contribution is -0.117. The van der Waals surface area contributed by atoms with E-state index in [9.17, 15) is 4.79 Å². The van der Waals surface area contributed by atoms with Crippen LogP contribution in [-0.4, -0.2) is 53.9 Å². The Kier molecular flexibility index (Phi) is 6.80. The summed E-state index contributed by atoms with van der Waals surface area (Å²) in [5, 5.41) is 21.1. The number of benzene rings is 1. The molecule has 0 heterocycles. The van der Waals surface area contributed by atoms with E-state index in [-0.39, 0.29) is 25.7 Å². The van der Waals surface area contributed by atoms with Crippen LogP contribution in [0.5, 0.6) is 0 Å². The van der Waals surface area contributed by atoms with E-state index >= 15 is 0 Å². The van der Waals surface area contributed by atoms with E-state index in [1.807, 2.05) is 13.0 Å². The van der Waals surface area contributed by atoms with E-state index in [1.165, 1.54) is 0 Å². The molecule has 1 rings (SSSR count). The van der Waals surface area contributed by atoms with Crippen molar-refractivity contribution < 1.29 is 15.0 Å². The molecule has 19 heavy (non-hydrogen) atoms. The zero-order valence-corrected chi connectivity index (χ0v) is 11.7. The third kappa shape index (κ3) is 5.57. The van der Waals surface area contributed by atoms with Crippen molar-refractivity contribution in [3.8, 4) is 0 Å². The fourth-order valence-electron chi connectivity index (χ4n) is 1.67. The number of rotatable bonds is 7. The number of halogens is 1. The minimum atomic E-state index is -0.202. The molecule has 0 spiro atoms. The Morgan fingerprint density at radius 3 is 2.53 bits per heavy atom. The summed E-state index contributed by atoms with van der Waals surface area (Å²) in [4.78, 5) is 13.6. The fourth-order valence-corrected chi connectivity index (χ4v) is 1.85. The standard InChI is InChI=1S/C13H19ClN2O3/c1-10-2-3-11(14)8-12(10)15-13(19)9-16(4-6-17)5-7-18/h2-3,8,17-18H,4-7,9H2,1H3,(H,15,19). The second-order valence-corrected chi connectivity index (χ2v) is 4.67. The van der Waals surface area contributed by atoms with Gasteiger partial charge in [-0.3, -0.25) is 9.69 Å². The average Bonchev–Trinajstić information content (AvgIpc) is 2.34.